The number of nitrogens with one attached hydrogen (secondary N) is 1. The van der Waals surface area contributed by atoms with E-state index in [9.17, 15) is 4.79 Å². The topological polar surface area (TPSA) is 73.3 Å². The normalized spacial score (nSPS) is 13.5. The summed E-state index contributed by atoms with van der Waals surface area (Å²) in [6.07, 6.45) is 2.48. The predicted molar refractivity (Wildman–Crippen MR) is 89.3 cm³/mol. The molecule has 2 aromatic rings. The summed E-state index contributed by atoms with van der Waals surface area (Å²) in [6.45, 7) is 5.69. The first-order valence-electron chi connectivity index (χ1n) is 8.13. The highest BCUT2D eigenvalue weighted by Crippen LogP contribution is 2.30. The molecule has 1 aliphatic heterocycles. The molecule has 0 bridgehead atoms. The van der Waals surface area contributed by atoms with E-state index in [0.29, 0.717) is 31.3 Å². The number of rotatable bonds is 4. The van der Waals surface area contributed by atoms with Crippen molar-refractivity contribution in [1.82, 2.24) is 15.3 Å². The van der Waals surface area contributed by atoms with Crippen LogP contribution in [0.15, 0.2) is 30.5 Å². The van der Waals surface area contributed by atoms with E-state index < -0.39 is 0 Å². The number of hydrogen-bond donors (Lipinski definition) is 1. The first-order valence-corrected chi connectivity index (χ1v) is 8.13. The summed E-state index contributed by atoms with van der Waals surface area (Å²) in [5.41, 5.74) is 1.33. The molecule has 0 aliphatic carbocycles. The highest BCUT2D eigenvalue weighted by molar-refractivity contribution is 5.92. The maximum atomic E-state index is 12.3. The predicted octanol–water partition coefficient (Wildman–Crippen LogP) is 2.69. The van der Waals surface area contributed by atoms with Crippen LogP contribution in [0.4, 0.5) is 0 Å². The minimum Gasteiger partial charge on any atom is -0.490 e. The van der Waals surface area contributed by atoms with Crippen LogP contribution in [0.5, 0.6) is 11.5 Å². The molecule has 1 aromatic heterocycles. The highest BCUT2D eigenvalue weighted by Gasteiger charge is 2.13. The van der Waals surface area contributed by atoms with E-state index in [1.807, 2.05) is 32.0 Å². The van der Waals surface area contributed by atoms with Crippen LogP contribution in [0.3, 0.4) is 0 Å². The molecule has 1 amide bonds. The lowest BCUT2D eigenvalue weighted by atomic mass is 10.2. The van der Waals surface area contributed by atoms with Crippen molar-refractivity contribution in [3.8, 4) is 11.5 Å². The van der Waals surface area contributed by atoms with Crippen LogP contribution in [0.2, 0.25) is 0 Å². The summed E-state index contributed by atoms with van der Waals surface area (Å²) < 4.78 is 11.3. The monoisotopic (exact) mass is 327 g/mol. The number of carbonyl (C=O) groups is 1. The largest absolute Gasteiger partial charge is 0.490 e. The third-order valence-electron chi connectivity index (χ3n) is 3.69. The van der Waals surface area contributed by atoms with Crippen molar-refractivity contribution in [3.63, 3.8) is 0 Å². The molecule has 24 heavy (non-hydrogen) atoms. The van der Waals surface area contributed by atoms with Gasteiger partial charge < -0.3 is 14.8 Å². The van der Waals surface area contributed by atoms with Gasteiger partial charge >= 0.3 is 0 Å². The number of benzene rings is 1. The molecule has 2 heterocycles. The number of ether oxygens (including phenoxy) is 2. The van der Waals surface area contributed by atoms with E-state index >= 15 is 0 Å². The lowest BCUT2D eigenvalue weighted by Crippen LogP contribution is -2.24. The second kappa shape index (κ2) is 7.29. The van der Waals surface area contributed by atoms with Crippen molar-refractivity contribution in [3.05, 3.63) is 47.5 Å². The fourth-order valence-electron chi connectivity index (χ4n) is 2.37. The zero-order valence-corrected chi connectivity index (χ0v) is 13.9. The summed E-state index contributed by atoms with van der Waals surface area (Å²) in [4.78, 5) is 20.8. The molecule has 6 nitrogen and oxygen atoms in total. The van der Waals surface area contributed by atoms with Crippen LogP contribution < -0.4 is 14.8 Å². The smallest absolute Gasteiger partial charge is 0.270 e. The zero-order valence-electron chi connectivity index (χ0n) is 13.9. The first kappa shape index (κ1) is 16.2. The van der Waals surface area contributed by atoms with Gasteiger partial charge in [0, 0.05) is 25.1 Å². The molecule has 1 aromatic carbocycles. The second-order valence-electron chi connectivity index (χ2n) is 5.97. The Bertz CT molecular complexity index is 731. The van der Waals surface area contributed by atoms with Gasteiger partial charge in [-0.2, -0.15) is 0 Å². The Balaban J connectivity index is 1.66. The van der Waals surface area contributed by atoms with Gasteiger partial charge in [-0.05, 0) is 23.8 Å². The minimum absolute atomic E-state index is 0.180. The van der Waals surface area contributed by atoms with Crippen molar-refractivity contribution in [2.24, 2.45) is 0 Å². The molecule has 3 rings (SSSR count). The molecule has 0 radical (unpaired) electrons. The Morgan fingerprint density at radius 1 is 1.21 bits per heavy atom. The molecule has 0 spiro atoms. The second-order valence-corrected chi connectivity index (χ2v) is 5.97. The number of hydrogen-bond acceptors (Lipinski definition) is 5. The van der Waals surface area contributed by atoms with E-state index in [-0.39, 0.29) is 11.8 Å². The SMILES string of the molecule is CC(C)c1nccc(C(=O)NCc2ccc3c(c2)OCCCO3)n1. The molecular weight excluding hydrogens is 306 g/mol. The van der Waals surface area contributed by atoms with Gasteiger partial charge in [0.05, 0.1) is 13.2 Å². The van der Waals surface area contributed by atoms with Gasteiger partial charge in [-0.25, -0.2) is 9.97 Å². The highest BCUT2D eigenvalue weighted by atomic mass is 16.5. The van der Waals surface area contributed by atoms with Gasteiger partial charge in [-0.3, -0.25) is 4.79 Å². The molecule has 0 saturated heterocycles. The van der Waals surface area contributed by atoms with Crippen molar-refractivity contribution in [1.29, 1.82) is 0 Å². The maximum absolute atomic E-state index is 12.3. The van der Waals surface area contributed by atoms with Gasteiger partial charge in [-0.1, -0.05) is 19.9 Å². The van der Waals surface area contributed by atoms with Gasteiger partial charge in [-0.15, -0.1) is 0 Å². The summed E-state index contributed by atoms with van der Waals surface area (Å²) in [6, 6.07) is 7.33. The number of carbonyl (C=O) groups excluding carboxylic acids is 1. The van der Waals surface area contributed by atoms with Crippen LogP contribution in [-0.2, 0) is 6.54 Å². The van der Waals surface area contributed by atoms with Crippen molar-refractivity contribution < 1.29 is 14.3 Å². The summed E-state index contributed by atoms with van der Waals surface area (Å²) in [5.74, 6) is 2.10. The molecular formula is C18H21N3O3. The Hall–Kier alpha value is -2.63. The average Bonchev–Trinajstić information content (AvgIpc) is 2.84. The molecule has 1 aliphatic rings. The van der Waals surface area contributed by atoms with Crippen LogP contribution in [0.25, 0.3) is 0 Å². The van der Waals surface area contributed by atoms with E-state index in [2.05, 4.69) is 15.3 Å². The lowest BCUT2D eigenvalue weighted by molar-refractivity contribution is 0.0945. The van der Waals surface area contributed by atoms with E-state index in [1.165, 1.54) is 0 Å². The third kappa shape index (κ3) is 3.82. The van der Waals surface area contributed by atoms with E-state index in [0.717, 1.165) is 23.5 Å². The summed E-state index contributed by atoms with van der Waals surface area (Å²) >= 11 is 0. The lowest BCUT2D eigenvalue weighted by Gasteiger charge is -2.10. The molecule has 126 valence electrons. The quantitative estimate of drug-likeness (QED) is 0.934. The van der Waals surface area contributed by atoms with Crippen LogP contribution in [0.1, 0.15) is 48.1 Å². The Labute approximate surface area is 141 Å². The van der Waals surface area contributed by atoms with E-state index in [4.69, 9.17) is 9.47 Å². The molecule has 1 N–H and O–H groups in total. The van der Waals surface area contributed by atoms with Crippen molar-refractivity contribution in [2.75, 3.05) is 13.2 Å². The fourth-order valence-corrected chi connectivity index (χ4v) is 2.37. The standard InChI is InChI=1S/C18H21N3O3/c1-12(2)17-19-7-6-14(21-17)18(22)20-11-13-4-5-15-16(10-13)24-9-3-8-23-15/h4-7,10,12H,3,8-9,11H2,1-2H3,(H,20,22). The molecule has 0 fully saturated rings. The number of fused-ring (bicyclic) bond motifs is 1. The third-order valence-corrected chi connectivity index (χ3v) is 3.69. The number of amides is 1. The Kier molecular flexibility index (Phi) is 4.93. The van der Waals surface area contributed by atoms with Gasteiger partial charge in [0.2, 0.25) is 0 Å². The fraction of sp³-hybridized carbons (Fsp3) is 0.389. The van der Waals surface area contributed by atoms with Gasteiger partial charge in [0.15, 0.2) is 11.5 Å². The minimum atomic E-state index is -0.216. The van der Waals surface area contributed by atoms with Crippen LogP contribution in [-0.4, -0.2) is 29.1 Å². The summed E-state index contributed by atoms with van der Waals surface area (Å²) in [7, 11) is 0. The van der Waals surface area contributed by atoms with Crippen molar-refractivity contribution >= 4 is 5.91 Å². The first-order chi connectivity index (χ1) is 11.6. The number of aromatic nitrogens is 2. The molecule has 0 unspecified atom stereocenters. The number of nitrogens with zero attached hydrogens (tertiary/aromatic N) is 2. The zero-order chi connectivity index (χ0) is 16.9. The Morgan fingerprint density at radius 2 is 2.00 bits per heavy atom. The van der Waals surface area contributed by atoms with Gasteiger partial charge in [0.1, 0.15) is 11.5 Å². The molecule has 6 heteroatoms. The maximum Gasteiger partial charge on any atom is 0.270 e. The average molecular weight is 327 g/mol. The van der Waals surface area contributed by atoms with Crippen LogP contribution in [0, 0.1) is 0 Å². The molecule has 0 saturated carbocycles. The van der Waals surface area contributed by atoms with E-state index in [1.54, 1.807) is 12.3 Å². The van der Waals surface area contributed by atoms with Crippen molar-refractivity contribution in [2.45, 2.75) is 32.7 Å². The Morgan fingerprint density at radius 3 is 2.79 bits per heavy atom. The summed E-state index contributed by atoms with van der Waals surface area (Å²) in [5, 5.41) is 2.88. The van der Waals surface area contributed by atoms with Crippen LogP contribution >= 0.6 is 0 Å². The molecule has 0 atom stereocenters. The van der Waals surface area contributed by atoms with Gasteiger partial charge in [0.25, 0.3) is 5.91 Å².